The molecule has 96 valence electrons. The molecule has 3 rings (SSSR count). The molecule has 0 aromatic rings. The van der Waals surface area contributed by atoms with Gasteiger partial charge in [0.15, 0.2) is 5.79 Å². The molecule has 1 aliphatic heterocycles. The van der Waals surface area contributed by atoms with Gasteiger partial charge in [-0.25, -0.2) is 0 Å². The van der Waals surface area contributed by atoms with E-state index >= 15 is 0 Å². The molecule has 2 aliphatic carbocycles. The van der Waals surface area contributed by atoms with Crippen LogP contribution in [-0.2, 0) is 9.47 Å². The zero-order chi connectivity index (χ0) is 12.1. The normalized spacial score (nSPS) is 48.2. The SMILES string of the molecule is C=CC1(C)CC(O)C2OC3(CCCCC3)OC21. The first-order chi connectivity index (χ1) is 8.09. The molecule has 3 heteroatoms. The highest BCUT2D eigenvalue weighted by atomic mass is 16.8. The van der Waals surface area contributed by atoms with Crippen molar-refractivity contribution >= 4 is 0 Å². The van der Waals surface area contributed by atoms with E-state index in [-0.39, 0.29) is 17.6 Å². The van der Waals surface area contributed by atoms with E-state index < -0.39 is 11.9 Å². The molecule has 1 heterocycles. The van der Waals surface area contributed by atoms with E-state index in [0.717, 1.165) is 12.8 Å². The van der Waals surface area contributed by atoms with Gasteiger partial charge < -0.3 is 14.6 Å². The predicted molar refractivity (Wildman–Crippen MR) is 64.5 cm³/mol. The maximum absolute atomic E-state index is 10.1. The van der Waals surface area contributed by atoms with E-state index in [1.165, 1.54) is 19.3 Å². The summed E-state index contributed by atoms with van der Waals surface area (Å²) in [5.74, 6) is -0.404. The van der Waals surface area contributed by atoms with Crippen molar-refractivity contribution in [2.75, 3.05) is 0 Å². The molecule has 0 amide bonds. The first-order valence-electron chi connectivity index (χ1n) is 6.76. The Morgan fingerprint density at radius 3 is 2.59 bits per heavy atom. The second-order valence-electron chi connectivity index (χ2n) is 6.07. The smallest absolute Gasteiger partial charge is 0.169 e. The Bertz CT molecular complexity index is 321. The van der Waals surface area contributed by atoms with Crippen LogP contribution >= 0.6 is 0 Å². The van der Waals surface area contributed by atoms with Gasteiger partial charge in [-0.3, -0.25) is 0 Å². The molecule has 17 heavy (non-hydrogen) atoms. The molecule has 0 aromatic heterocycles. The number of hydrogen-bond donors (Lipinski definition) is 1. The highest BCUT2D eigenvalue weighted by molar-refractivity contribution is 5.12. The minimum absolute atomic E-state index is 0.0203. The van der Waals surface area contributed by atoms with Crippen LogP contribution < -0.4 is 0 Å². The first-order valence-corrected chi connectivity index (χ1v) is 6.76. The van der Waals surface area contributed by atoms with E-state index in [4.69, 9.17) is 9.47 Å². The lowest BCUT2D eigenvalue weighted by atomic mass is 9.86. The van der Waals surface area contributed by atoms with Gasteiger partial charge in [0.05, 0.1) is 12.2 Å². The van der Waals surface area contributed by atoms with Crippen molar-refractivity contribution < 1.29 is 14.6 Å². The van der Waals surface area contributed by atoms with Crippen molar-refractivity contribution in [2.45, 2.75) is 69.5 Å². The lowest BCUT2D eigenvalue weighted by molar-refractivity contribution is -0.212. The average molecular weight is 238 g/mol. The standard InChI is InChI=1S/C14H22O3/c1-3-13(2)9-10(15)11-12(13)17-14(16-11)7-5-4-6-8-14/h3,10-12,15H,1,4-9H2,2H3. The Labute approximate surface area is 103 Å². The molecule has 4 unspecified atom stereocenters. The molecule has 2 saturated carbocycles. The van der Waals surface area contributed by atoms with Crippen LogP contribution in [0.3, 0.4) is 0 Å². The van der Waals surface area contributed by atoms with E-state index in [9.17, 15) is 5.11 Å². The highest BCUT2D eigenvalue weighted by Gasteiger charge is 2.60. The molecule has 0 aromatic carbocycles. The minimum atomic E-state index is -0.413. The van der Waals surface area contributed by atoms with Crippen molar-refractivity contribution in [3.05, 3.63) is 12.7 Å². The fourth-order valence-electron chi connectivity index (χ4n) is 3.63. The zero-order valence-electron chi connectivity index (χ0n) is 10.5. The average Bonchev–Trinajstić information content (AvgIpc) is 2.79. The van der Waals surface area contributed by atoms with Gasteiger partial charge in [-0.05, 0) is 19.3 Å². The molecular weight excluding hydrogens is 216 g/mol. The summed E-state index contributed by atoms with van der Waals surface area (Å²) in [6.45, 7) is 6.01. The Morgan fingerprint density at radius 2 is 1.94 bits per heavy atom. The zero-order valence-corrected chi connectivity index (χ0v) is 10.5. The Morgan fingerprint density at radius 1 is 1.24 bits per heavy atom. The fraction of sp³-hybridized carbons (Fsp3) is 0.857. The van der Waals surface area contributed by atoms with Gasteiger partial charge in [0, 0.05) is 18.3 Å². The van der Waals surface area contributed by atoms with Gasteiger partial charge in [0.2, 0.25) is 0 Å². The van der Waals surface area contributed by atoms with Gasteiger partial charge in [-0.15, -0.1) is 6.58 Å². The second-order valence-corrected chi connectivity index (χ2v) is 6.07. The number of aliphatic hydroxyl groups is 1. The third-order valence-electron chi connectivity index (χ3n) is 4.75. The van der Waals surface area contributed by atoms with Crippen molar-refractivity contribution in [1.29, 1.82) is 0 Å². The number of fused-ring (bicyclic) bond motifs is 1. The molecule has 1 spiro atoms. The monoisotopic (exact) mass is 238 g/mol. The molecule has 3 nitrogen and oxygen atoms in total. The van der Waals surface area contributed by atoms with Gasteiger partial charge in [-0.1, -0.05) is 19.4 Å². The maximum Gasteiger partial charge on any atom is 0.169 e. The number of ether oxygens (including phenoxy) is 2. The quantitative estimate of drug-likeness (QED) is 0.713. The first kappa shape index (κ1) is 11.7. The third-order valence-corrected chi connectivity index (χ3v) is 4.75. The van der Waals surface area contributed by atoms with Gasteiger partial charge in [0.25, 0.3) is 0 Å². The molecule has 1 saturated heterocycles. The van der Waals surface area contributed by atoms with E-state index in [1.807, 2.05) is 6.08 Å². The number of aliphatic hydroxyl groups excluding tert-OH is 1. The summed E-state index contributed by atoms with van der Waals surface area (Å²) >= 11 is 0. The van der Waals surface area contributed by atoms with Crippen LogP contribution in [0.25, 0.3) is 0 Å². The molecule has 4 atom stereocenters. The number of rotatable bonds is 1. The van der Waals surface area contributed by atoms with Crippen LogP contribution in [-0.4, -0.2) is 29.2 Å². The minimum Gasteiger partial charge on any atom is -0.390 e. The van der Waals surface area contributed by atoms with E-state index in [1.54, 1.807) is 0 Å². The van der Waals surface area contributed by atoms with Crippen molar-refractivity contribution in [3.8, 4) is 0 Å². The van der Waals surface area contributed by atoms with Crippen LogP contribution in [0.4, 0.5) is 0 Å². The summed E-state index contributed by atoms with van der Waals surface area (Å²) in [7, 11) is 0. The summed E-state index contributed by atoms with van der Waals surface area (Å²) in [5.41, 5.74) is -0.148. The Balaban J connectivity index is 1.84. The summed E-state index contributed by atoms with van der Waals surface area (Å²) in [5, 5.41) is 10.1. The Kier molecular flexibility index (Phi) is 2.62. The third kappa shape index (κ3) is 1.67. The molecule has 1 N–H and O–H groups in total. The van der Waals surface area contributed by atoms with E-state index in [2.05, 4.69) is 13.5 Å². The summed E-state index contributed by atoms with van der Waals surface area (Å²) in [6.07, 6.45) is 7.58. The van der Waals surface area contributed by atoms with E-state index in [0.29, 0.717) is 6.42 Å². The van der Waals surface area contributed by atoms with Gasteiger partial charge >= 0.3 is 0 Å². The van der Waals surface area contributed by atoms with Crippen LogP contribution in [0.15, 0.2) is 12.7 Å². The Hall–Kier alpha value is -0.380. The summed E-state index contributed by atoms with van der Waals surface area (Å²) < 4.78 is 12.3. The molecule has 0 bridgehead atoms. The van der Waals surface area contributed by atoms with Gasteiger partial charge in [-0.2, -0.15) is 0 Å². The molecule has 3 fully saturated rings. The molecular formula is C14H22O3. The summed E-state index contributed by atoms with van der Waals surface area (Å²) in [6, 6.07) is 0. The fourth-order valence-corrected chi connectivity index (χ4v) is 3.63. The van der Waals surface area contributed by atoms with Crippen molar-refractivity contribution in [2.24, 2.45) is 5.41 Å². The second kappa shape index (κ2) is 3.81. The van der Waals surface area contributed by atoms with Crippen LogP contribution in [0.2, 0.25) is 0 Å². The lowest BCUT2D eigenvalue weighted by Crippen LogP contribution is -2.37. The molecule has 3 aliphatic rings. The van der Waals surface area contributed by atoms with Crippen LogP contribution in [0, 0.1) is 5.41 Å². The predicted octanol–water partition coefficient (Wildman–Crippen LogP) is 2.39. The van der Waals surface area contributed by atoms with Crippen molar-refractivity contribution in [1.82, 2.24) is 0 Å². The topological polar surface area (TPSA) is 38.7 Å². The lowest BCUT2D eigenvalue weighted by Gasteiger charge is -2.35. The highest BCUT2D eigenvalue weighted by Crippen LogP contribution is 2.52. The van der Waals surface area contributed by atoms with Crippen molar-refractivity contribution in [3.63, 3.8) is 0 Å². The van der Waals surface area contributed by atoms with Crippen LogP contribution in [0.1, 0.15) is 45.4 Å². The summed E-state index contributed by atoms with van der Waals surface area (Å²) in [4.78, 5) is 0. The number of hydrogen-bond acceptors (Lipinski definition) is 3. The van der Waals surface area contributed by atoms with Crippen LogP contribution in [0.5, 0.6) is 0 Å². The maximum atomic E-state index is 10.1. The largest absolute Gasteiger partial charge is 0.390 e. The molecule has 0 radical (unpaired) electrons. The van der Waals surface area contributed by atoms with Gasteiger partial charge in [0.1, 0.15) is 6.10 Å².